The summed E-state index contributed by atoms with van der Waals surface area (Å²) in [6.45, 7) is 0. The van der Waals surface area contributed by atoms with Gasteiger partial charge >= 0.3 is 0 Å². The lowest BCUT2D eigenvalue weighted by Crippen LogP contribution is -2.52. The van der Waals surface area contributed by atoms with Crippen molar-refractivity contribution in [3.8, 4) is 5.88 Å². The monoisotopic (exact) mass is 494 g/mol. The fourth-order valence-electron chi connectivity index (χ4n) is 3.77. The highest BCUT2D eigenvalue weighted by Crippen LogP contribution is 2.43. The minimum Gasteiger partial charge on any atom is -0.482 e. The number of dihydropyridines is 1. The Bertz CT molecular complexity index is 1180. The molecule has 6 nitrogen and oxygen atoms in total. The largest absolute Gasteiger partial charge is 0.482 e. The van der Waals surface area contributed by atoms with Gasteiger partial charge in [-0.1, -0.05) is 77.8 Å². The average Bonchev–Trinajstić information content (AvgIpc) is 2.89. The summed E-state index contributed by atoms with van der Waals surface area (Å²) < 4.78 is 23.0. The summed E-state index contributed by atoms with van der Waals surface area (Å²) in [7, 11) is 7.23. The number of ether oxygens (including phenoxy) is 4. The number of nitrogens with zero attached hydrogens (tertiary/aromatic N) is 1. The predicted octanol–water partition coefficient (Wildman–Crippen LogP) is 3.47. The molecule has 1 aliphatic heterocycles. The Morgan fingerprint density at radius 1 is 0.794 bits per heavy atom. The molecule has 0 radical (unpaired) electrons. The van der Waals surface area contributed by atoms with Gasteiger partial charge in [-0.3, -0.25) is 0 Å². The van der Waals surface area contributed by atoms with Crippen molar-refractivity contribution in [2.75, 3.05) is 28.4 Å². The number of nitrogens with one attached hydrogen (secondary N) is 1. The maximum atomic E-state index is 5.99. The fraction of sp³-hybridized carbons (Fsp3) is 0.192. The topological polar surface area (TPSA) is 61.8 Å². The molecule has 34 heavy (non-hydrogen) atoms. The lowest BCUT2D eigenvalue weighted by Gasteiger charge is -2.39. The third kappa shape index (κ3) is 5.16. The van der Waals surface area contributed by atoms with E-state index in [9.17, 15) is 0 Å². The lowest BCUT2D eigenvalue weighted by atomic mass is 10.0. The standard InChI is InChI=1S/C26H28N2O4P2/c1-29-23-15-21(33-18-11-7-5-8-12-18)20(17-27-23)25-22(34-19-13-9-6-10-14-19)16-24(30-2)28-26(25,31-3)32-4/h5-17,28,33-34H,1-4H3. The van der Waals surface area contributed by atoms with Crippen molar-refractivity contribution in [3.63, 3.8) is 0 Å². The van der Waals surface area contributed by atoms with E-state index in [1.54, 1.807) is 28.4 Å². The average molecular weight is 494 g/mol. The predicted molar refractivity (Wildman–Crippen MR) is 141 cm³/mol. The van der Waals surface area contributed by atoms with Gasteiger partial charge < -0.3 is 24.3 Å². The summed E-state index contributed by atoms with van der Waals surface area (Å²) in [5, 5.41) is 7.81. The SMILES string of the molecule is COC1=CC(Pc2ccccc2)=C(c2cnc(OC)cc2Pc2ccccc2)C(OC)(OC)N1. The first kappa shape index (κ1) is 24.4. The smallest absolute Gasteiger partial charge is 0.280 e. The van der Waals surface area contributed by atoms with Crippen molar-refractivity contribution in [1.29, 1.82) is 0 Å². The van der Waals surface area contributed by atoms with E-state index in [1.165, 1.54) is 10.6 Å². The maximum Gasteiger partial charge on any atom is 0.280 e. The van der Waals surface area contributed by atoms with Crippen LogP contribution in [-0.2, 0) is 14.2 Å². The van der Waals surface area contributed by atoms with Gasteiger partial charge in [0.05, 0.1) is 19.8 Å². The number of rotatable bonds is 9. The highest BCUT2D eigenvalue weighted by Gasteiger charge is 2.42. The van der Waals surface area contributed by atoms with Gasteiger partial charge in [-0.05, 0) is 21.2 Å². The van der Waals surface area contributed by atoms with E-state index in [2.05, 4.69) is 34.6 Å². The Kier molecular flexibility index (Phi) is 7.97. The molecule has 1 N–H and O–H groups in total. The van der Waals surface area contributed by atoms with Gasteiger partial charge in [-0.15, -0.1) is 0 Å². The summed E-state index contributed by atoms with van der Waals surface area (Å²) in [5.41, 5.74) is 1.80. The van der Waals surface area contributed by atoms with Crippen molar-refractivity contribution >= 4 is 38.6 Å². The van der Waals surface area contributed by atoms with Crippen molar-refractivity contribution in [1.82, 2.24) is 10.3 Å². The summed E-state index contributed by atoms with van der Waals surface area (Å²) in [6, 6.07) is 22.7. The molecule has 3 aromatic rings. The van der Waals surface area contributed by atoms with Crippen LogP contribution in [0.4, 0.5) is 0 Å². The molecule has 0 spiro atoms. The maximum absolute atomic E-state index is 5.99. The van der Waals surface area contributed by atoms with Crippen LogP contribution in [0.1, 0.15) is 5.56 Å². The molecule has 2 unspecified atom stereocenters. The Morgan fingerprint density at radius 3 is 1.97 bits per heavy atom. The molecule has 0 saturated heterocycles. The van der Waals surface area contributed by atoms with Crippen molar-refractivity contribution in [2.45, 2.75) is 5.91 Å². The van der Waals surface area contributed by atoms with Gasteiger partial charge in [0.15, 0.2) is 5.88 Å². The van der Waals surface area contributed by atoms with Gasteiger partial charge in [-0.2, -0.15) is 0 Å². The van der Waals surface area contributed by atoms with E-state index in [-0.39, 0.29) is 0 Å². The van der Waals surface area contributed by atoms with Crippen LogP contribution in [0.25, 0.3) is 5.57 Å². The first-order chi connectivity index (χ1) is 16.6. The molecule has 0 bridgehead atoms. The molecule has 2 atom stereocenters. The third-order valence-corrected chi connectivity index (χ3v) is 8.01. The van der Waals surface area contributed by atoms with Gasteiger partial charge in [0.2, 0.25) is 5.88 Å². The van der Waals surface area contributed by atoms with Crippen molar-refractivity contribution in [2.24, 2.45) is 0 Å². The molecular weight excluding hydrogens is 466 g/mol. The van der Waals surface area contributed by atoms with E-state index in [4.69, 9.17) is 18.9 Å². The zero-order valence-corrected chi connectivity index (χ0v) is 21.6. The first-order valence-electron chi connectivity index (χ1n) is 10.7. The van der Waals surface area contributed by atoms with Crippen LogP contribution in [0.3, 0.4) is 0 Å². The molecule has 2 aromatic carbocycles. The number of pyridine rings is 1. The second-order valence-corrected chi connectivity index (χ2v) is 10.1. The first-order valence-corrected chi connectivity index (χ1v) is 12.7. The van der Waals surface area contributed by atoms with Crippen molar-refractivity contribution in [3.05, 3.63) is 95.8 Å². The normalized spacial score (nSPS) is 15.6. The van der Waals surface area contributed by atoms with E-state index in [1.807, 2.05) is 54.7 Å². The number of hydrogen-bond donors (Lipinski definition) is 1. The number of methoxy groups -OCH3 is 4. The van der Waals surface area contributed by atoms with Crippen LogP contribution >= 0.6 is 17.2 Å². The summed E-state index contributed by atoms with van der Waals surface area (Å²) in [5.74, 6) is -0.116. The molecule has 0 saturated carbocycles. The van der Waals surface area contributed by atoms with Crippen LogP contribution in [0.2, 0.25) is 0 Å². The quantitative estimate of drug-likeness (QED) is 0.363. The van der Waals surface area contributed by atoms with Gasteiger partial charge in [-0.25, -0.2) is 4.98 Å². The molecule has 1 aromatic heterocycles. The molecule has 176 valence electrons. The van der Waals surface area contributed by atoms with E-state index >= 15 is 0 Å². The van der Waals surface area contributed by atoms with Crippen LogP contribution in [-0.4, -0.2) is 39.3 Å². The van der Waals surface area contributed by atoms with Crippen LogP contribution in [0, 0.1) is 0 Å². The summed E-state index contributed by atoms with van der Waals surface area (Å²) in [4.78, 5) is 4.55. The number of hydrogen-bond acceptors (Lipinski definition) is 6. The second-order valence-electron chi connectivity index (χ2n) is 7.41. The minimum atomic E-state index is -1.25. The molecule has 8 heteroatoms. The van der Waals surface area contributed by atoms with E-state index < -0.39 is 5.91 Å². The van der Waals surface area contributed by atoms with Gasteiger partial charge in [0.1, 0.15) is 0 Å². The Morgan fingerprint density at radius 2 is 1.41 bits per heavy atom. The zero-order chi connectivity index (χ0) is 24.0. The van der Waals surface area contributed by atoms with Crippen LogP contribution < -0.4 is 26.0 Å². The van der Waals surface area contributed by atoms with E-state index in [0.717, 1.165) is 21.8 Å². The van der Waals surface area contributed by atoms with E-state index in [0.29, 0.717) is 28.9 Å². The molecule has 0 fully saturated rings. The minimum absolute atomic E-state index is 0.350. The molecular formula is C26H28N2O4P2. The molecule has 4 rings (SSSR count). The number of allylic oxidation sites excluding steroid dienone is 2. The number of benzene rings is 2. The third-order valence-electron chi connectivity index (χ3n) is 5.42. The Labute approximate surface area is 203 Å². The Balaban J connectivity index is 1.95. The molecule has 0 amide bonds. The highest BCUT2D eigenvalue weighted by atomic mass is 31.1. The fourth-order valence-corrected chi connectivity index (χ4v) is 6.25. The Hall–Kier alpha value is -2.75. The molecule has 1 aliphatic rings. The van der Waals surface area contributed by atoms with Gasteiger partial charge in [0.25, 0.3) is 5.91 Å². The highest BCUT2D eigenvalue weighted by molar-refractivity contribution is 7.55. The molecule has 0 aliphatic carbocycles. The summed E-state index contributed by atoms with van der Waals surface area (Å²) in [6.07, 6.45) is 3.85. The molecule has 2 heterocycles. The van der Waals surface area contributed by atoms with Crippen LogP contribution in [0.15, 0.2) is 90.2 Å². The summed E-state index contributed by atoms with van der Waals surface area (Å²) >= 11 is 0. The van der Waals surface area contributed by atoms with Gasteiger partial charge in [0, 0.05) is 38.1 Å². The number of aromatic nitrogens is 1. The zero-order valence-electron chi connectivity index (χ0n) is 19.6. The van der Waals surface area contributed by atoms with Crippen LogP contribution in [0.5, 0.6) is 5.88 Å². The lowest BCUT2D eigenvalue weighted by molar-refractivity contribution is -0.184. The van der Waals surface area contributed by atoms with Crippen molar-refractivity contribution < 1.29 is 18.9 Å². The second kappa shape index (κ2) is 11.1.